The molecule has 0 spiro atoms. The molecule has 0 fully saturated rings. The number of aryl methyl sites for hydroxylation is 4. The maximum Gasteiger partial charge on any atom is 0.287 e. The van der Waals surface area contributed by atoms with Crippen molar-refractivity contribution in [2.75, 3.05) is 5.32 Å². The number of aromatic nitrogens is 6. The van der Waals surface area contributed by atoms with Gasteiger partial charge in [-0.05, 0) is 51.3 Å². The number of carbonyl (C=O) groups is 4. The van der Waals surface area contributed by atoms with Crippen molar-refractivity contribution in [2.45, 2.75) is 13.1 Å². The number of rotatable bonds is 9. The highest BCUT2D eigenvalue weighted by molar-refractivity contribution is 9.10. The lowest BCUT2D eigenvalue weighted by atomic mass is 10.2. The van der Waals surface area contributed by atoms with Crippen LogP contribution in [0.5, 0.6) is 0 Å². The van der Waals surface area contributed by atoms with Crippen molar-refractivity contribution >= 4 is 45.4 Å². The Morgan fingerprint density at radius 3 is 1.49 bits per heavy atom. The molecule has 0 bridgehead atoms. The lowest BCUT2D eigenvalue weighted by molar-refractivity contribution is 0.0929. The minimum atomic E-state index is -0.387. The summed E-state index contributed by atoms with van der Waals surface area (Å²) in [6.45, 7) is 0.918. The number of primary amides is 1. The number of hydrogen-bond donors (Lipinski definition) is 4. The fourth-order valence-electron chi connectivity index (χ4n) is 4.69. The lowest BCUT2D eigenvalue weighted by Crippen LogP contribution is -2.25. The second-order valence-corrected chi connectivity index (χ2v) is 12.0. The van der Waals surface area contributed by atoms with Crippen LogP contribution in [0.25, 0.3) is 0 Å². The molecule has 51 heavy (non-hydrogen) atoms. The first kappa shape index (κ1) is 37.6. The Morgan fingerprint density at radius 1 is 0.608 bits per heavy atom. The van der Waals surface area contributed by atoms with Gasteiger partial charge in [0.25, 0.3) is 23.6 Å². The van der Waals surface area contributed by atoms with Gasteiger partial charge in [-0.15, -0.1) is 0 Å². The van der Waals surface area contributed by atoms with Gasteiger partial charge in [0, 0.05) is 66.1 Å². The van der Waals surface area contributed by atoms with Crippen molar-refractivity contribution in [3.05, 3.63) is 148 Å². The van der Waals surface area contributed by atoms with E-state index < -0.39 is 0 Å². The molecule has 0 saturated carbocycles. The molecule has 0 aliphatic heterocycles. The first-order chi connectivity index (χ1) is 24.4. The molecule has 0 aliphatic carbocycles. The van der Waals surface area contributed by atoms with E-state index in [2.05, 4.69) is 41.8 Å². The van der Waals surface area contributed by atoms with E-state index in [9.17, 15) is 19.2 Å². The average Bonchev–Trinajstić information content (AvgIpc) is 3.91. The van der Waals surface area contributed by atoms with Crippen molar-refractivity contribution in [3.63, 3.8) is 0 Å². The Hall–Kier alpha value is -6.22. The SMILES string of the molecule is Cn1cc(Br)nc1C(=O)NCc1ccccc1.Cn1cccc1C(=O)Nc1cn(C)c(C(=O)NCc2ccccc2)n1.Cn1cccc1C(N)=O. The number of hydrogen-bond acceptors (Lipinski definition) is 6. The van der Waals surface area contributed by atoms with Crippen molar-refractivity contribution in [1.82, 2.24) is 38.9 Å². The zero-order valence-corrected chi connectivity index (χ0v) is 30.2. The molecule has 4 amide bonds. The highest BCUT2D eigenvalue weighted by atomic mass is 79.9. The van der Waals surface area contributed by atoms with Gasteiger partial charge in [-0.2, -0.15) is 0 Å². The smallest absolute Gasteiger partial charge is 0.287 e. The molecule has 4 aromatic heterocycles. The predicted octanol–water partition coefficient (Wildman–Crippen LogP) is 4.18. The van der Waals surface area contributed by atoms with Crippen molar-refractivity contribution in [2.24, 2.45) is 33.9 Å². The highest BCUT2D eigenvalue weighted by Crippen LogP contribution is 2.11. The summed E-state index contributed by atoms with van der Waals surface area (Å²) in [4.78, 5) is 55.1. The van der Waals surface area contributed by atoms with Crippen molar-refractivity contribution < 1.29 is 19.2 Å². The topological polar surface area (TPSA) is 176 Å². The van der Waals surface area contributed by atoms with Gasteiger partial charge in [-0.3, -0.25) is 19.2 Å². The first-order valence-electron chi connectivity index (χ1n) is 15.6. The summed E-state index contributed by atoms with van der Waals surface area (Å²) in [6, 6.07) is 26.4. The van der Waals surface area contributed by atoms with Crippen LogP contribution in [0.15, 0.2) is 114 Å². The standard InChI is InChI=1S/C18H19N5O2.C12H12BrN3O.C6H8N2O/c1-22-10-6-9-14(22)17(24)21-15-12-23(2)16(20-15)18(25)19-11-13-7-4-3-5-8-13;1-16-8-10(13)15-11(16)12(17)14-7-9-5-3-2-4-6-9;1-8-4-2-3-5(8)6(7)9/h3-10,12H,11H2,1-2H3,(H,19,25)(H,21,24);2-6,8H,7H2,1H3,(H,14,17);2-4H,1H3,(H2,7,9). The fourth-order valence-corrected chi connectivity index (χ4v) is 5.16. The van der Waals surface area contributed by atoms with Crippen LogP contribution in [0.3, 0.4) is 0 Å². The number of anilines is 1. The second kappa shape index (κ2) is 18.0. The monoisotopic (exact) mass is 754 g/mol. The normalized spacial score (nSPS) is 10.2. The molecule has 2 aromatic carbocycles. The van der Waals surface area contributed by atoms with E-state index in [4.69, 9.17) is 5.73 Å². The van der Waals surface area contributed by atoms with Crippen molar-refractivity contribution in [3.8, 4) is 0 Å². The van der Waals surface area contributed by atoms with Crippen LogP contribution >= 0.6 is 15.9 Å². The van der Waals surface area contributed by atoms with E-state index in [1.165, 1.54) is 0 Å². The van der Waals surface area contributed by atoms with Crippen LogP contribution < -0.4 is 21.7 Å². The fraction of sp³-hybridized carbons (Fsp3) is 0.167. The van der Waals surface area contributed by atoms with Gasteiger partial charge in [0.05, 0.1) is 0 Å². The summed E-state index contributed by atoms with van der Waals surface area (Å²) in [6.07, 6.45) is 6.92. The van der Waals surface area contributed by atoms with E-state index in [0.29, 0.717) is 40.7 Å². The summed E-state index contributed by atoms with van der Waals surface area (Å²) in [5.74, 6) is -0.179. The minimum Gasteiger partial charge on any atom is -0.364 e. The maximum atomic E-state index is 12.3. The first-order valence-corrected chi connectivity index (χ1v) is 16.4. The quantitative estimate of drug-likeness (QED) is 0.172. The lowest BCUT2D eigenvalue weighted by Gasteiger charge is -2.04. The van der Waals surface area contributed by atoms with Gasteiger partial charge >= 0.3 is 0 Å². The highest BCUT2D eigenvalue weighted by Gasteiger charge is 2.17. The minimum absolute atomic E-state index is 0.179. The number of carbonyl (C=O) groups excluding carboxylic acids is 4. The summed E-state index contributed by atoms with van der Waals surface area (Å²) in [5, 5.41) is 8.35. The molecule has 6 rings (SSSR count). The average molecular weight is 756 g/mol. The largest absolute Gasteiger partial charge is 0.364 e. The van der Waals surface area contributed by atoms with Crippen molar-refractivity contribution in [1.29, 1.82) is 0 Å². The molecule has 14 nitrogen and oxygen atoms in total. The summed E-state index contributed by atoms with van der Waals surface area (Å²) in [7, 11) is 7.06. The van der Waals surface area contributed by atoms with Gasteiger partial charge in [0.1, 0.15) is 16.0 Å². The third-order valence-corrected chi connectivity index (χ3v) is 7.72. The predicted molar refractivity (Wildman–Crippen MR) is 197 cm³/mol. The zero-order valence-electron chi connectivity index (χ0n) is 28.6. The Bertz CT molecular complexity index is 2080. The molecule has 5 N–H and O–H groups in total. The van der Waals surface area contributed by atoms with Gasteiger partial charge in [0.2, 0.25) is 5.82 Å². The molecule has 0 unspecified atom stereocenters. The molecule has 0 atom stereocenters. The maximum absolute atomic E-state index is 12.3. The van der Waals surface area contributed by atoms with Crippen LogP contribution in [0.4, 0.5) is 5.82 Å². The Labute approximate surface area is 303 Å². The Kier molecular flexibility index (Phi) is 13.2. The van der Waals surface area contributed by atoms with Crippen LogP contribution in [-0.2, 0) is 41.3 Å². The third-order valence-electron chi connectivity index (χ3n) is 7.34. The summed E-state index contributed by atoms with van der Waals surface area (Å²) in [5.41, 5.74) is 8.12. The van der Waals surface area contributed by atoms with Crippen LogP contribution in [0, 0.1) is 0 Å². The number of amides is 4. The molecular weight excluding hydrogens is 716 g/mol. The van der Waals surface area contributed by atoms with E-state index in [1.807, 2.05) is 60.7 Å². The number of imidazole rings is 2. The van der Waals surface area contributed by atoms with E-state index >= 15 is 0 Å². The molecule has 6 aromatic rings. The van der Waals surface area contributed by atoms with E-state index in [0.717, 1.165) is 11.1 Å². The summed E-state index contributed by atoms with van der Waals surface area (Å²) >= 11 is 3.24. The van der Waals surface area contributed by atoms with E-state index in [-0.39, 0.29) is 29.5 Å². The van der Waals surface area contributed by atoms with Gasteiger partial charge in [-0.25, -0.2) is 9.97 Å². The number of nitrogens with one attached hydrogen (secondary N) is 3. The number of benzene rings is 2. The number of nitrogens with two attached hydrogens (primary N) is 1. The number of nitrogens with zero attached hydrogens (tertiary/aromatic N) is 6. The molecule has 0 aliphatic rings. The van der Waals surface area contributed by atoms with Gasteiger partial charge < -0.3 is 40.0 Å². The van der Waals surface area contributed by atoms with Gasteiger partial charge in [-0.1, -0.05) is 60.7 Å². The summed E-state index contributed by atoms with van der Waals surface area (Å²) < 4.78 is 7.32. The Balaban J connectivity index is 0.000000192. The molecule has 15 heteroatoms. The van der Waals surface area contributed by atoms with Gasteiger partial charge in [0.15, 0.2) is 11.6 Å². The molecule has 0 saturated heterocycles. The van der Waals surface area contributed by atoms with Crippen LogP contribution in [-0.4, -0.2) is 51.9 Å². The van der Waals surface area contributed by atoms with Crippen LogP contribution in [0.2, 0.25) is 0 Å². The van der Waals surface area contributed by atoms with E-state index in [1.54, 1.807) is 95.5 Å². The molecule has 0 radical (unpaired) electrons. The zero-order chi connectivity index (χ0) is 36.9. The second-order valence-electron chi connectivity index (χ2n) is 11.2. The van der Waals surface area contributed by atoms with Crippen LogP contribution in [0.1, 0.15) is 53.3 Å². The molecular formula is C36H39BrN10O4. The number of halogens is 1. The Morgan fingerprint density at radius 2 is 1.08 bits per heavy atom. The molecule has 264 valence electrons. The molecule has 4 heterocycles. The third kappa shape index (κ3) is 10.9.